The molecule has 0 radical (unpaired) electrons. The van der Waals surface area contributed by atoms with Crippen LogP contribution in [-0.2, 0) is 0 Å². The van der Waals surface area contributed by atoms with Gasteiger partial charge in [0.15, 0.2) is 5.76 Å². The Hall–Kier alpha value is -1.81. The van der Waals surface area contributed by atoms with Crippen molar-refractivity contribution >= 4 is 0 Å². The molecule has 0 amide bonds. The molecule has 1 aliphatic rings. The topological polar surface area (TPSA) is 47.3 Å². The van der Waals surface area contributed by atoms with Crippen LogP contribution in [0.2, 0.25) is 0 Å². The number of hydrogen-bond donors (Lipinski definition) is 1. The fourth-order valence-corrected chi connectivity index (χ4v) is 2.23. The van der Waals surface area contributed by atoms with Crippen LogP contribution in [-0.4, -0.2) is 18.6 Å². The van der Waals surface area contributed by atoms with Crippen LogP contribution in [0.4, 0.5) is 0 Å². The average molecular weight is 244 g/mol. The lowest BCUT2D eigenvalue weighted by Crippen LogP contribution is -2.12. The number of benzene rings is 1. The molecule has 2 heterocycles. The number of nitrogens with zero attached hydrogens (tertiary/aromatic N) is 1. The Morgan fingerprint density at radius 1 is 1.33 bits per heavy atom. The maximum Gasteiger partial charge on any atom is 0.212 e. The Morgan fingerprint density at radius 2 is 2.17 bits per heavy atom. The summed E-state index contributed by atoms with van der Waals surface area (Å²) in [4.78, 5) is 4.36. The molecule has 0 bridgehead atoms. The highest BCUT2D eigenvalue weighted by Crippen LogP contribution is 2.28. The van der Waals surface area contributed by atoms with E-state index in [1.165, 1.54) is 6.42 Å². The quantitative estimate of drug-likeness (QED) is 0.901. The van der Waals surface area contributed by atoms with Gasteiger partial charge in [0.05, 0.1) is 19.3 Å². The summed E-state index contributed by atoms with van der Waals surface area (Å²) in [7, 11) is 1.66. The van der Waals surface area contributed by atoms with Crippen molar-refractivity contribution in [3.63, 3.8) is 0 Å². The van der Waals surface area contributed by atoms with Gasteiger partial charge in [-0.15, -0.1) is 0 Å². The molecule has 1 N–H and O–H groups in total. The number of oxazole rings is 1. The molecule has 0 saturated carbocycles. The second-order valence-electron chi connectivity index (χ2n) is 4.44. The Labute approximate surface area is 106 Å². The molecule has 1 aromatic carbocycles. The fourth-order valence-electron chi connectivity index (χ4n) is 2.23. The maximum atomic E-state index is 5.81. The molecule has 3 rings (SSSR count). The largest absolute Gasteiger partial charge is 0.497 e. The van der Waals surface area contributed by atoms with Crippen LogP contribution in [0.15, 0.2) is 34.9 Å². The van der Waals surface area contributed by atoms with Crippen LogP contribution in [0, 0.1) is 0 Å². The van der Waals surface area contributed by atoms with E-state index in [0.717, 1.165) is 35.9 Å². The first-order valence-corrected chi connectivity index (χ1v) is 6.20. The van der Waals surface area contributed by atoms with Crippen molar-refractivity contribution in [1.82, 2.24) is 10.3 Å². The second kappa shape index (κ2) is 4.82. The molecule has 1 saturated heterocycles. The van der Waals surface area contributed by atoms with Crippen LogP contribution in [0.1, 0.15) is 24.8 Å². The van der Waals surface area contributed by atoms with E-state index in [2.05, 4.69) is 10.3 Å². The lowest BCUT2D eigenvalue weighted by molar-refractivity contribution is 0.414. The van der Waals surface area contributed by atoms with Crippen LogP contribution in [0.5, 0.6) is 5.75 Å². The zero-order valence-electron chi connectivity index (χ0n) is 10.3. The van der Waals surface area contributed by atoms with E-state index in [1.54, 1.807) is 13.3 Å². The molecule has 1 atom stereocenters. The minimum Gasteiger partial charge on any atom is -0.497 e. The van der Waals surface area contributed by atoms with E-state index >= 15 is 0 Å². The SMILES string of the molecule is COc1ccc(-c2cnc(C3CCCN3)o2)cc1. The normalized spacial score (nSPS) is 19.1. The second-order valence-corrected chi connectivity index (χ2v) is 4.44. The molecule has 1 aromatic heterocycles. The van der Waals surface area contributed by atoms with Crippen molar-refractivity contribution < 1.29 is 9.15 Å². The van der Waals surface area contributed by atoms with E-state index < -0.39 is 0 Å². The molecule has 18 heavy (non-hydrogen) atoms. The van der Waals surface area contributed by atoms with Gasteiger partial charge in [-0.2, -0.15) is 0 Å². The van der Waals surface area contributed by atoms with Crippen LogP contribution >= 0.6 is 0 Å². The van der Waals surface area contributed by atoms with E-state index in [-0.39, 0.29) is 6.04 Å². The van der Waals surface area contributed by atoms with Crippen molar-refractivity contribution in [2.45, 2.75) is 18.9 Å². The van der Waals surface area contributed by atoms with E-state index in [1.807, 2.05) is 24.3 Å². The number of nitrogens with one attached hydrogen (secondary N) is 1. The predicted octanol–water partition coefficient (Wildman–Crippen LogP) is 2.77. The molecular formula is C14H16N2O2. The molecule has 0 aliphatic carbocycles. The summed E-state index contributed by atoms with van der Waals surface area (Å²) >= 11 is 0. The van der Waals surface area contributed by atoms with Crippen molar-refractivity contribution in [1.29, 1.82) is 0 Å². The molecule has 1 aliphatic heterocycles. The van der Waals surface area contributed by atoms with Crippen molar-refractivity contribution in [3.05, 3.63) is 36.4 Å². The predicted molar refractivity (Wildman–Crippen MR) is 68.5 cm³/mol. The van der Waals surface area contributed by atoms with Gasteiger partial charge < -0.3 is 14.5 Å². The highest BCUT2D eigenvalue weighted by atomic mass is 16.5. The first-order chi connectivity index (χ1) is 8.86. The van der Waals surface area contributed by atoms with Crippen molar-refractivity contribution in [2.75, 3.05) is 13.7 Å². The summed E-state index contributed by atoms with van der Waals surface area (Å²) in [6.45, 7) is 1.05. The zero-order valence-corrected chi connectivity index (χ0v) is 10.3. The van der Waals surface area contributed by atoms with Gasteiger partial charge >= 0.3 is 0 Å². The Balaban J connectivity index is 1.82. The summed E-state index contributed by atoms with van der Waals surface area (Å²) in [5, 5.41) is 3.38. The standard InChI is InChI=1S/C14H16N2O2/c1-17-11-6-4-10(5-7-11)13-9-16-14(18-13)12-3-2-8-15-12/h4-7,9,12,15H,2-3,8H2,1H3. The van der Waals surface area contributed by atoms with Crippen LogP contribution in [0.25, 0.3) is 11.3 Å². The van der Waals surface area contributed by atoms with Crippen molar-refractivity contribution in [2.24, 2.45) is 0 Å². The first-order valence-electron chi connectivity index (χ1n) is 6.20. The molecule has 1 unspecified atom stereocenters. The monoisotopic (exact) mass is 244 g/mol. The summed E-state index contributed by atoms with van der Waals surface area (Å²) in [6.07, 6.45) is 4.07. The van der Waals surface area contributed by atoms with E-state index in [9.17, 15) is 0 Å². The van der Waals surface area contributed by atoms with Gasteiger partial charge in [0.1, 0.15) is 5.75 Å². The van der Waals surface area contributed by atoms with E-state index in [0.29, 0.717) is 0 Å². The highest BCUT2D eigenvalue weighted by Gasteiger charge is 2.21. The average Bonchev–Trinajstić information content (AvgIpc) is 3.09. The van der Waals surface area contributed by atoms with E-state index in [4.69, 9.17) is 9.15 Å². The molecule has 0 spiro atoms. The summed E-state index contributed by atoms with van der Waals surface area (Å²) in [5.41, 5.74) is 1.02. The Kier molecular flexibility index (Phi) is 3.02. The van der Waals surface area contributed by atoms with Crippen molar-refractivity contribution in [3.8, 4) is 17.1 Å². The fraction of sp³-hybridized carbons (Fsp3) is 0.357. The molecule has 4 nitrogen and oxygen atoms in total. The summed E-state index contributed by atoms with van der Waals surface area (Å²) < 4.78 is 10.9. The van der Waals surface area contributed by atoms with Gasteiger partial charge in [0, 0.05) is 5.56 Å². The van der Waals surface area contributed by atoms with Gasteiger partial charge in [-0.25, -0.2) is 4.98 Å². The van der Waals surface area contributed by atoms with Gasteiger partial charge in [-0.1, -0.05) is 0 Å². The number of aromatic nitrogens is 1. The first kappa shape index (κ1) is 11.3. The number of rotatable bonds is 3. The van der Waals surface area contributed by atoms with Crippen LogP contribution in [0.3, 0.4) is 0 Å². The third-order valence-electron chi connectivity index (χ3n) is 3.26. The summed E-state index contributed by atoms with van der Waals surface area (Å²) in [5.74, 6) is 2.44. The smallest absolute Gasteiger partial charge is 0.212 e. The minimum absolute atomic E-state index is 0.275. The zero-order chi connectivity index (χ0) is 12.4. The highest BCUT2D eigenvalue weighted by molar-refractivity contribution is 5.57. The maximum absolute atomic E-state index is 5.81. The molecular weight excluding hydrogens is 228 g/mol. The molecule has 94 valence electrons. The molecule has 2 aromatic rings. The van der Waals surface area contributed by atoms with Gasteiger partial charge in [0.2, 0.25) is 5.89 Å². The molecule has 1 fully saturated rings. The lowest BCUT2D eigenvalue weighted by atomic mass is 10.2. The Bertz CT molecular complexity index is 513. The van der Waals surface area contributed by atoms with Gasteiger partial charge in [-0.3, -0.25) is 0 Å². The third kappa shape index (κ3) is 2.11. The minimum atomic E-state index is 0.275. The van der Waals surface area contributed by atoms with Gasteiger partial charge in [-0.05, 0) is 43.7 Å². The lowest BCUT2D eigenvalue weighted by Gasteiger charge is -2.04. The number of ether oxygens (including phenoxy) is 1. The molecule has 4 heteroatoms. The Morgan fingerprint density at radius 3 is 2.83 bits per heavy atom. The summed E-state index contributed by atoms with van der Waals surface area (Å²) in [6, 6.07) is 8.07. The third-order valence-corrected chi connectivity index (χ3v) is 3.26. The number of methoxy groups -OCH3 is 1. The van der Waals surface area contributed by atoms with Gasteiger partial charge in [0.25, 0.3) is 0 Å². The number of hydrogen-bond acceptors (Lipinski definition) is 4. The van der Waals surface area contributed by atoms with Crippen LogP contribution < -0.4 is 10.1 Å².